The molecule has 0 amide bonds. The number of Topliss-reactive ketones (excluding diaryl/α,β-unsaturated/α-hetero) is 1. The van der Waals surface area contributed by atoms with E-state index in [9.17, 15) is 14.2 Å². The van der Waals surface area contributed by atoms with E-state index in [1.165, 1.54) is 6.08 Å². The minimum Gasteiger partial charge on any atom is -0.463 e. The van der Waals surface area contributed by atoms with Crippen molar-refractivity contribution in [2.24, 2.45) is 0 Å². The van der Waals surface area contributed by atoms with Crippen LogP contribution in [0.4, 0.5) is 0 Å². The zero-order chi connectivity index (χ0) is 22.0. The van der Waals surface area contributed by atoms with Gasteiger partial charge in [0.15, 0.2) is 11.4 Å². The molecule has 0 aromatic heterocycles. The zero-order valence-electron chi connectivity index (χ0n) is 17.4. The van der Waals surface area contributed by atoms with Crippen LogP contribution in [0, 0.1) is 0 Å². The van der Waals surface area contributed by atoms with Gasteiger partial charge in [0.05, 0.1) is 25.4 Å². The maximum Gasteiger partial charge on any atom is 0.346 e. The molecule has 6 nitrogen and oxygen atoms in total. The molecule has 0 bridgehead atoms. The second-order valence-electron chi connectivity index (χ2n) is 6.24. The van der Waals surface area contributed by atoms with Crippen LogP contribution in [0.2, 0.25) is 0 Å². The monoisotopic (exact) mass is 430 g/mol. The van der Waals surface area contributed by atoms with Crippen molar-refractivity contribution in [3.05, 3.63) is 77.4 Å². The third-order valence-electron chi connectivity index (χ3n) is 4.17. The predicted molar refractivity (Wildman–Crippen MR) is 116 cm³/mol. The molecule has 0 aliphatic carbocycles. The lowest BCUT2D eigenvalue weighted by molar-refractivity contribution is -0.138. The summed E-state index contributed by atoms with van der Waals surface area (Å²) < 4.78 is 29.9. The fourth-order valence-corrected chi connectivity index (χ4v) is 5.00. The topological polar surface area (TPSA) is 78.9 Å². The zero-order valence-corrected chi connectivity index (χ0v) is 18.3. The average molecular weight is 430 g/mol. The summed E-state index contributed by atoms with van der Waals surface area (Å²) in [6.07, 6.45) is 1.51. The fraction of sp³-hybridized carbons (Fsp3) is 0.304. The fourth-order valence-electron chi connectivity index (χ4n) is 2.95. The van der Waals surface area contributed by atoms with Gasteiger partial charge >= 0.3 is 13.6 Å². The van der Waals surface area contributed by atoms with Crippen LogP contribution in [-0.2, 0) is 23.1 Å². The average Bonchev–Trinajstić information content (AvgIpc) is 2.75. The molecule has 0 aliphatic rings. The van der Waals surface area contributed by atoms with Crippen LogP contribution < -0.4 is 0 Å². The van der Waals surface area contributed by atoms with Crippen molar-refractivity contribution in [1.29, 1.82) is 0 Å². The summed E-state index contributed by atoms with van der Waals surface area (Å²) in [7, 11) is -4.04. The summed E-state index contributed by atoms with van der Waals surface area (Å²) in [6, 6.07) is 17.3. The lowest BCUT2D eigenvalue weighted by Gasteiger charge is -2.26. The molecule has 30 heavy (non-hydrogen) atoms. The minimum atomic E-state index is -4.04. The van der Waals surface area contributed by atoms with Gasteiger partial charge in [0.1, 0.15) is 0 Å². The standard InChI is InChI=1S/C23H27O6P/c1-4-27-23(25)20(17-18-13-9-7-10-14-18)22(30(26,28-5-2)29-6-3)21(24)19-15-11-8-12-16-19/h7-17,22H,4-6H2,1-3H3/b20-17-. The first-order chi connectivity index (χ1) is 14.5. The molecule has 2 rings (SSSR count). The lowest BCUT2D eigenvalue weighted by Crippen LogP contribution is -2.30. The van der Waals surface area contributed by atoms with Gasteiger partial charge in [0, 0.05) is 5.56 Å². The van der Waals surface area contributed by atoms with E-state index in [1.807, 2.05) is 6.07 Å². The molecule has 0 heterocycles. The van der Waals surface area contributed by atoms with Crippen LogP contribution in [0.5, 0.6) is 0 Å². The van der Waals surface area contributed by atoms with Gasteiger partial charge in [-0.05, 0) is 32.4 Å². The maximum atomic E-state index is 13.8. The Kier molecular flexibility index (Phi) is 9.18. The van der Waals surface area contributed by atoms with Crippen molar-refractivity contribution in [3.63, 3.8) is 0 Å². The normalized spacial score (nSPS) is 13.0. The summed E-state index contributed by atoms with van der Waals surface area (Å²) in [5, 5.41) is 0. The molecule has 0 fully saturated rings. The van der Waals surface area contributed by atoms with Crippen LogP contribution in [0.15, 0.2) is 66.2 Å². The van der Waals surface area contributed by atoms with Crippen molar-refractivity contribution in [2.45, 2.75) is 26.4 Å². The number of carbonyl (C=O) groups is 2. The molecule has 0 saturated heterocycles. The van der Waals surface area contributed by atoms with Gasteiger partial charge in [-0.1, -0.05) is 60.7 Å². The molecule has 0 spiro atoms. The third-order valence-corrected chi connectivity index (χ3v) is 6.55. The van der Waals surface area contributed by atoms with Crippen molar-refractivity contribution in [3.8, 4) is 0 Å². The van der Waals surface area contributed by atoms with Gasteiger partial charge in [-0.2, -0.15) is 0 Å². The van der Waals surface area contributed by atoms with Gasteiger partial charge in [-0.15, -0.1) is 0 Å². The Hall–Kier alpha value is -2.53. The summed E-state index contributed by atoms with van der Waals surface area (Å²) in [5.74, 6) is -1.27. The highest BCUT2D eigenvalue weighted by atomic mass is 31.2. The molecule has 0 aliphatic heterocycles. The first kappa shape index (κ1) is 23.7. The van der Waals surface area contributed by atoms with Gasteiger partial charge in [0.2, 0.25) is 0 Å². The highest BCUT2D eigenvalue weighted by Crippen LogP contribution is 2.56. The number of ether oxygens (including phenoxy) is 1. The SMILES string of the molecule is CCOC(=O)/C(=C\c1ccccc1)C(C(=O)c1ccccc1)P(=O)(OCC)OCC. The van der Waals surface area contributed by atoms with E-state index >= 15 is 0 Å². The Morgan fingerprint density at radius 2 is 1.40 bits per heavy atom. The number of rotatable bonds is 11. The third kappa shape index (κ3) is 5.99. The van der Waals surface area contributed by atoms with Crippen molar-refractivity contribution in [2.75, 3.05) is 19.8 Å². The number of esters is 1. The van der Waals surface area contributed by atoms with Gasteiger partial charge in [-0.3, -0.25) is 9.36 Å². The van der Waals surface area contributed by atoms with Crippen molar-refractivity contribution >= 4 is 25.4 Å². The van der Waals surface area contributed by atoms with Crippen molar-refractivity contribution < 1.29 is 27.9 Å². The molecule has 2 aromatic carbocycles. The predicted octanol–water partition coefficient (Wildman–Crippen LogP) is 5.15. The van der Waals surface area contributed by atoms with Crippen molar-refractivity contribution in [1.82, 2.24) is 0 Å². The summed E-state index contributed by atoms with van der Waals surface area (Å²) >= 11 is 0. The van der Waals surface area contributed by atoms with Gasteiger partial charge < -0.3 is 13.8 Å². The van der Waals surface area contributed by atoms with Crippen LogP contribution >= 0.6 is 7.60 Å². The van der Waals surface area contributed by atoms with E-state index in [0.29, 0.717) is 11.1 Å². The Morgan fingerprint density at radius 1 is 0.867 bits per heavy atom. The lowest BCUT2D eigenvalue weighted by atomic mass is 10.0. The van der Waals surface area contributed by atoms with Crippen LogP contribution in [0.1, 0.15) is 36.7 Å². The second kappa shape index (κ2) is 11.6. The molecule has 160 valence electrons. The molecular weight excluding hydrogens is 403 g/mol. The number of carbonyl (C=O) groups excluding carboxylic acids is 2. The molecule has 1 atom stereocenters. The first-order valence-corrected chi connectivity index (χ1v) is 11.5. The van der Waals surface area contributed by atoms with E-state index in [0.717, 1.165) is 0 Å². The molecule has 0 radical (unpaired) electrons. The summed E-state index contributed by atoms with van der Waals surface area (Å²) in [5.41, 5.74) is -0.572. The van der Waals surface area contributed by atoms with E-state index < -0.39 is 25.0 Å². The smallest absolute Gasteiger partial charge is 0.346 e. The summed E-state index contributed by atoms with van der Waals surface area (Å²) in [4.78, 5) is 26.4. The molecule has 0 N–H and O–H groups in total. The Morgan fingerprint density at radius 3 is 1.90 bits per heavy atom. The molecule has 2 aromatic rings. The summed E-state index contributed by atoms with van der Waals surface area (Å²) in [6.45, 7) is 5.18. The van der Waals surface area contributed by atoms with E-state index in [-0.39, 0.29) is 25.4 Å². The van der Waals surface area contributed by atoms with E-state index in [2.05, 4.69) is 0 Å². The Balaban J connectivity index is 2.71. The largest absolute Gasteiger partial charge is 0.463 e. The van der Waals surface area contributed by atoms with Crippen LogP contribution in [0.25, 0.3) is 6.08 Å². The quantitative estimate of drug-likeness (QED) is 0.212. The van der Waals surface area contributed by atoms with Gasteiger partial charge in [0.25, 0.3) is 0 Å². The Labute approximate surface area is 177 Å². The Bertz CT molecular complexity index is 898. The molecule has 0 saturated carbocycles. The second-order valence-corrected chi connectivity index (χ2v) is 8.35. The van der Waals surface area contributed by atoms with E-state index in [4.69, 9.17) is 13.8 Å². The van der Waals surface area contributed by atoms with Crippen LogP contribution in [0.3, 0.4) is 0 Å². The molecule has 7 heteroatoms. The van der Waals surface area contributed by atoms with Crippen LogP contribution in [-0.4, -0.2) is 37.2 Å². The first-order valence-electron chi connectivity index (χ1n) is 9.88. The number of benzene rings is 2. The number of hydrogen-bond donors (Lipinski definition) is 0. The molecular formula is C23H27O6P. The van der Waals surface area contributed by atoms with E-state index in [1.54, 1.807) is 75.4 Å². The highest BCUT2D eigenvalue weighted by molar-refractivity contribution is 7.56. The minimum absolute atomic E-state index is 0.0529. The van der Waals surface area contributed by atoms with Gasteiger partial charge in [-0.25, -0.2) is 4.79 Å². The molecule has 1 unspecified atom stereocenters. The maximum absolute atomic E-state index is 13.8. The highest BCUT2D eigenvalue weighted by Gasteiger charge is 2.46. The number of hydrogen-bond acceptors (Lipinski definition) is 6. The number of ketones is 1.